The largest absolute Gasteiger partial charge is 0.349 e. The van der Waals surface area contributed by atoms with Crippen LogP contribution in [0.1, 0.15) is 80.1 Å². The minimum Gasteiger partial charge on any atom is -0.349 e. The lowest BCUT2D eigenvalue weighted by atomic mass is 9.72. The third-order valence-corrected chi connectivity index (χ3v) is 5.52. The first-order chi connectivity index (χ1) is 10.3. The monoisotopic (exact) mass is 308 g/mol. The number of fused-ring (bicyclic) bond motifs is 1. The second-order valence-electron chi connectivity index (χ2n) is 8.55. The van der Waals surface area contributed by atoms with Gasteiger partial charge in [0.1, 0.15) is 0 Å². The van der Waals surface area contributed by atoms with E-state index in [2.05, 4.69) is 47.6 Å². The molecule has 0 aromatic heterocycles. The number of hydrogen-bond donors (Lipinski definition) is 0. The first-order valence-corrected chi connectivity index (χ1v) is 9.24. The van der Waals surface area contributed by atoms with E-state index in [0.717, 1.165) is 12.3 Å². The second-order valence-corrected chi connectivity index (χ2v) is 8.55. The van der Waals surface area contributed by atoms with Gasteiger partial charge >= 0.3 is 0 Å². The Bertz CT molecular complexity index is 381. The Morgan fingerprint density at radius 1 is 1.27 bits per heavy atom. The summed E-state index contributed by atoms with van der Waals surface area (Å²) in [4.78, 5) is 0. The predicted molar refractivity (Wildman–Crippen MR) is 92.8 cm³/mol. The summed E-state index contributed by atoms with van der Waals surface area (Å²) < 4.78 is 12.7. The van der Waals surface area contributed by atoms with Crippen molar-refractivity contribution in [3.05, 3.63) is 11.6 Å². The summed E-state index contributed by atoms with van der Waals surface area (Å²) in [5.74, 6) is 2.01. The molecule has 3 unspecified atom stereocenters. The Balaban J connectivity index is 1.88. The molecule has 0 aromatic carbocycles. The number of ether oxygens (including phenoxy) is 2. The summed E-state index contributed by atoms with van der Waals surface area (Å²) in [7, 11) is 0. The summed E-state index contributed by atoms with van der Waals surface area (Å²) in [6.07, 6.45) is 9.93. The highest BCUT2D eigenvalue weighted by molar-refractivity contribution is 4.94. The van der Waals surface area contributed by atoms with Gasteiger partial charge in [-0.3, -0.25) is 0 Å². The third-order valence-electron chi connectivity index (χ3n) is 5.52. The maximum atomic E-state index is 6.36. The van der Waals surface area contributed by atoms with Crippen LogP contribution < -0.4 is 0 Å². The van der Waals surface area contributed by atoms with Crippen molar-refractivity contribution in [2.24, 2.45) is 17.8 Å². The van der Waals surface area contributed by atoms with Crippen LogP contribution in [0.5, 0.6) is 0 Å². The van der Waals surface area contributed by atoms with E-state index in [1.54, 1.807) is 0 Å². The molecule has 0 radical (unpaired) electrons. The Labute approximate surface area is 137 Å². The van der Waals surface area contributed by atoms with E-state index in [-0.39, 0.29) is 11.9 Å². The van der Waals surface area contributed by atoms with Crippen molar-refractivity contribution in [2.45, 2.75) is 98.1 Å². The minimum absolute atomic E-state index is 0.0109. The molecule has 2 nitrogen and oxygen atoms in total. The predicted octanol–water partition coefficient (Wildman–Crippen LogP) is 5.72. The fourth-order valence-electron chi connectivity index (χ4n) is 4.13. The van der Waals surface area contributed by atoms with Crippen LogP contribution in [0, 0.1) is 17.8 Å². The molecule has 0 N–H and O–H groups in total. The molecule has 0 spiro atoms. The average Bonchev–Trinajstić information content (AvgIpc) is 2.36. The van der Waals surface area contributed by atoms with Crippen LogP contribution in [0.25, 0.3) is 0 Å². The molecule has 2 fully saturated rings. The fraction of sp³-hybridized carbons (Fsp3) is 0.900. The molecular formula is C20H36O2. The zero-order valence-corrected chi connectivity index (χ0v) is 15.5. The first kappa shape index (κ1) is 18.0. The first-order valence-electron chi connectivity index (χ1n) is 9.24. The molecule has 2 rings (SSSR count). The minimum atomic E-state index is -0.0344. The molecular weight excluding hydrogens is 272 g/mol. The van der Waals surface area contributed by atoms with Crippen molar-refractivity contribution in [2.75, 3.05) is 0 Å². The van der Waals surface area contributed by atoms with Crippen LogP contribution in [0.4, 0.5) is 0 Å². The highest BCUT2D eigenvalue weighted by Gasteiger charge is 2.46. The smallest absolute Gasteiger partial charge is 0.158 e. The SMILES string of the molecule is CC(C)=CCCC(C)CC1O[C@@H]2CC(C)CC[C@H]2C(C)(C)O1. The summed E-state index contributed by atoms with van der Waals surface area (Å²) in [5.41, 5.74) is 1.38. The second kappa shape index (κ2) is 7.49. The van der Waals surface area contributed by atoms with E-state index in [1.165, 1.54) is 37.7 Å². The average molecular weight is 309 g/mol. The van der Waals surface area contributed by atoms with Gasteiger partial charge in [-0.2, -0.15) is 0 Å². The van der Waals surface area contributed by atoms with E-state index in [1.807, 2.05) is 0 Å². The summed E-state index contributed by atoms with van der Waals surface area (Å²) >= 11 is 0. The van der Waals surface area contributed by atoms with Gasteiger partial charge in [-0.15, -0.1) is 0 Å². The van der Waals surface area contributed by atoms with Gasteiger partial charge in [-0.1, -0.05) is 31.9 Å². The van der Waals surface area contributed by atoms with E-state index < -0.39 is 0 Å². The standard InChI is InChI=1S/C20H36O2/c1-14(2)8-7-9-15(3)13-19-21-18-12-16(4)10-11-17(18)20(5,6)22-19/h8,15-19H,7,9-13H2,1-6H3/t15?,16?,17-,18-,19?/m1/s1. The molecule has 0 amide bonds. The lowest BCUT2D eigenvalue weighted by molar-refractivity contribution is -0.312. The zero-order valence-electron chi connectivity index (χ0n) is 15.5. The molecule has 0 bridgehead atoms. The molecule has 1 saturated heterocycles. The topological polar surface area (TPSA) is 18.5 Å². The van der Waals surface area contributed by atoms with Crippen LogP contribution in [0.15, 0.2) is 11.6 Å². The molecule has 1 aliphatic carbocycles. The molecule has 1 heterocycles. The molecule has 128 valence electrons. The number of allylic oxidation sites excluding steroid dienone is 2. The molecule has 2 heteroatoms. The summed E-state index contributed by atoms with van der Waals surface area (Å²) in [6.45, 7) is 13.6. The summed E-state index contributed by atoms with van der Waals surface area (Å²) in [5, 5.41) is 0. The van der Waals surface area contributed by atoms with Crippen LogP contribution >= 0.6 is 0 Å². The van der Waals surface area contributed by atoms with Crippen molar-refractivity contribution in [1.82, 2.24) is 0 Å². The van der Waals surface area contributed by atoms with Gasteiger partial charge in [0, 0.05) is 12.3 Å². The maximum absolute atomic E-state index is 6.36. The van der Waals surface area contributed by atoms with Gasteiger partial charge in [-0.05, 0) is 65.2 Å². The van der Waals surface area contributed by atoms with Gasteiger partial charge < -0.3 is 9.47 Å². The van der Waals surface area contributed by atoms with Crippen molar-refractivity contribution in [3.8, 4) is 0 Å². The van der Waals surface area contributed by atoms with Crippen LogP contribution in [0.3, 0.4) is 0 Å². The Morgan fingerprint density at radius 3 is 2.68 bits per heavy atom. The van der Waals surface area contributed by atoms with E-state index >= 15 is 0 Å². The third kappa shape index (κ3) is 4.83. The van der Waals surface area contributed by atoms with E-state index in [4.69, 9.17) is 9.47 Å². The fourth-order valence-corrected chi connectivity index (χ4v) is 4.13. The van der Waals surface area contributed by atoms with Crippen molar-refractivity contribution in [3.63, 3.8) is 0 Å². The van der Waals surface area contributed by atoms with Gasteiger partial charge in [0.2, 0.25) is 0 Å². The van der Waals surface area contributed by atoms with Crippen LogP contribution in [-0.2, 0) is 9.47 Å². The van der Waals surface area contributed by atoms with Gasteiger partial charge in [-0.25, -0.2) is 0 Å². The molecule has 1 aliphatic heterocycles. The molecule has 5 atom stereocenters. The van der Waals surface area contributed by atoms with Gasteiger partial charge in [0.05, 0.1) is 11.7 Å². The van der Waals surface area contributed by atoms with Gasteiger partial charge in [0.15, 0.2) is 6.29 Å². The highest BCUT2D eigenvalue weighted by Crippen LogP contribution is 2.44. The Kier molecular flexibility index (Phi) is 6.13. The van der Waals surface area contributed by atoms with Crippen LogP contribution in [0.2, 0.25) is 0 Å². The van der Waals surface area contributed by atoms with Crippen molar-refractivity contribution < 1.29 is 9.47 Å². The zero-order chi connectivity index (χ0) is 16.3. The lowest BCUT2D eigenvalue weighted by Gasteiger charge is -2.50. The number of rotatable bonds is 5. The Morgan fingerprint density at radius 2 is 2.00 bits per heavy atom. The lowest BCUT2D eigenvalue weighted by Crippen LogP contribution is -2.54. The maximum Gasteiger partial charge on any atom is 0.158 e. The number of hydrogen-bond acceptors (Lipinski definition) is 2. The van der Waals surface area contributed by atoms with Crippen LogP contribution in [-0.4, -0.2) is 18.0 Å². The summed E-state index contributed by atoms with van der Waals surface area (Å²) in [6, 6.07) is 0. The Hall–Kier alpha value is -0.340. The highest BCUT2D eigenvalue weighted by atomic mass is 16.7. The quantitative estimate of drug-likeness (QED) is 0.605. The normalized spacial score (nSPS) is 35.5. The van der Waals surface area contributed by atoms with Gasteiger partial charge in [0.25, 0.3) is 0 Å². The van der Waals surface area contributed by atoms with Crippen molar-refractivity contribution >= 4 is 0 Å². The van der Waals surface area contributed by atoms with E-state index in [0.29, 0.717) is 17.9 Å². The molecule has 22 heavy (non-hydrogen) atoms. The molecule has 2 aliphatic rings. The van der Waals surface area contributed by atoms with E-state index in [9.17, 15) is 0 Å². The molecule has 0 aromatic rings. The molecule has 1 saturated carbocycles. The van der Waals surface area contributed by atoms with Crippen molar-refractivity contribution in [1.29, 1.82) is 0 Å².